The number of nitrogens with one attached hydrogen (secondary N) is 1. The highest BCUT2D eigenvalue weighted by Gasteiger charge is 2.36. The van der Waals surface area contributed by atoms with Crippen LogP contribution < -0.4 is 16.0 Å². The van der Waals surface area contributed by atoms with E-state index in [9.17, 15) is 0 Å². The number of rotatable bonds is 1. The van der Waals surface area contributed by atoms with Crippen molar-refractivity contribution in [2.45, 2.75) is 38.1 Å². The Balaban J connectivity index is 1.59. The molecule has 5 rings (SSSR count). The summed E-state index contributed by atoms with van der Waals surface area (Å²) in [5, 5.41) is 3.69. The minimum absolute atomic E-state index is 0.395. The van der Waals surface area contributed by atoms with Gasteiger partial charge in [0.25, 0.3) is 0 Å². The third kappa shape index (κ3) is 2.76. The minimum atomic E-state index is 0.395. The van der Waals surface area contributed by atoms with Gasteiger partial charge in [-0.15, -0.1) is 11.3 Å². The maximum Gasteiger partial charge on any atom is 0.222 e. The number of anilines is 2. The summed E-state index contributed by atoms with van der Waals surface area (Å²) in [4.78, 5) is 13.2. The fourth-order valence-electron chi connectivity index (χ4n) is 4.63. The Morgan fingerprint density at radius 2 is 2.16 bits per heavy atom. The van der Waals surface area contributed by atoms with Crippen molar-refractivity contribution in [3.8, 4) is 11.3 Å². The summed E-state index contributed by atoms with van der Waals surface area (Å²) in [6.07, 6.45) is 5.88. The molecular weight excluding hydrogens is 398 g/mol. The first-order chi connectivity index (χ1) is 12.2. The smallest absolute Gasteiger partial charge is 0.222 e. The summed E-state index contributed by atoms with van der Waals surface area (Å²) < 4.78 is 1.17. The van der Waals surface area contributed by atoms with Crippen LogP contribution in [0.1, 0.15) is 29.7 Å². The zero-order valence-corrected chi connectivity index (χ0v) is 16.5. The second-order valence-electron chi connectivity index (χ2n) is 7.34. The molecule has 3 aliphatic rings. The Kier molecular flexibility index (Phi) is 3.98. The van der Waals surface area contributed by atoms with Gasteiger partial charge in [0.2, 0.25) is 5.95 Å². The topological polar surface area (TPSA) is 67.1 Å². The average Bonchev–Trinajstić information content (AvgIpc) is 3.15. The summed E-state index contributed by atoms with van der Waals surface area (Å²) in [6, 6.07) is 2.79. The van der Waals surface area contributed by atoms with E-state index in [2.05, 4.69) is 37.2 Å². The number of aromatic nitrogens is 2. The normalized spacial score (nSPS) is 25.2. The molecule has 25 heavy (non-hydrogen) atoms. The molecule has 2 aliphatic heterocycles. The van der Waals surface area contributed by atoms with Gasteiger partial charge in [0.15, 0.2) is 0 Å². The maximum absolute atomic E-state index is 6.14. The van der Waals surface area contributed by atoms with Gasteiger partial charge in [0.1, 0.15) is 5.82 Å². The van der Waals surface area contributed by atoms with Crippen molar-refractivity contribution >= 4 is 39.0 Å². The van der Waals surface area contributed by atoms with Crippen LogP contribution in [0.3, 0.4) is 0 Å². The molecule has 0 bridgehead atoms. The van der Waals surface area contributed by atoms with E-state index in [0.717, 1.165) is 56.3 Å². The largest absolute Gasteiger partial charge is 0.368 e. The number of aryl methyl sites for hydroxylation is 1. The highest BCUT2D eigenvalue weighted by molar-refractivity contribution is 9.11. The first-order valence-electron chi connectivity index (χ1n) is 9.12. The van der Waals surface area contributed by atoms with Crippen molar-refractivity contribution in [2.75, 3.05) is 30.3 Å². The Labute approximate surface area is 160 Å². The van der Waals surface area contributed by atoms with E-state index in [4.69, 9.17) is 10.7 Å². The molecule has 4 heterocycles. The van der Waals surface area contributed by atoms with E-state index in [1.165, 1.54) is 32.6 Å². The SMILES string of the molecule is Nc1nc2c(c(N3CC4CCCNC4C3)n1)CCCc1sc(Br)cc1-2. The number of nitrogen functional groups attached to an aromatic ring is 1. The number of piperidine rings is 1. The van der Waals surface area contributed by atoms with E-state index in [1.807, 2.05) is 11.3 Å². The highest BCUT2D eigenvalue weighted by Crippen LogP contribution is 2.42. The van der Waals surface area contributed by atoms with Gasteiger partial charge < -0.3 is 16.0 Å². The first-order valence-corrected chi connectivity index (χ1v) is 10.7. The molecule has 2 saturated heterocycles. The van der Waals surface area contributed by atoms with E-state index in [0.29, 0.717) is 12.0 Å². The number of hydrogen-bond donors (Lipinski definition) is 2. The number of nitrogens with zero attached hydrogens (tertiary/aromatic N) is 3. The first kappa shape index (κ1) is 16.0. The minimum Gasteiger partial charge on any atom is -0.368 e. The molecule has 2 atom stereocenters. The third-order valence-electron chi connectivity index (χ3n) is 5.77. The van der Waals surface area contributed by atoms with Gasteiger partial charge in [-0.3, -0.25) is 0 Å². The van der Waals surface area contributed by atoms with Crippen molar-refractivity contribution < 1.29 is 0 Å². The number of halogens is 1. The van der Waals surface area contributed by atoms with Crippen molar-refractivity contribution in [2.24, 2.45) is 5.92 Å². The van der Waals surface area contributed by atoms with Gasteiger partial charge in [0, 0.05) is 35.1 Å². The molecular formula is C18H22BrN5S. The van der Waals surface area contributed by atoms with Crippen LogP contribution >= 0.6 is 27.3 Å². The van der Waals surface area contributed by atoms with E-state index in [-0.39, 0.29) is 0 Å². The Morgan fingerprint density at radius 1 is 1.24 bits per heavy atom. The van der Waals surface area contributed by atoms with Crippen LogP contribution in [-0.2, 0) is 12.8 Å². The molecule has 132 valence electrons. The van der Waals surface area contributed by atoms with Gasteiger partial charge in [-0.1, -0.05) is 0 Å². The summed E-state index contributed by atoms with van der Waals surface area (Å²) in [6.45, 7) is 3.26. The monoisotopic (exact) mass is 419 g/mol. The molecule has 0 aromatic carbocycles. The fraction of sp³-hybridized carbons (Fsp3) is 0.556. The van der Waals surface area contributed by atoms with Crippen LogP contribution in [0.2, 0.25) is 0 Å². The molecule has 7 heteroatoms. The van der Waals surface area contributed by atoms with Crippen LogP contribution in [0, 0.1) is 5.92 Å². The molecule has 1 aliphatic carbocycles. The Morgan fingerprint density at radius 3 is 3.04 bits per heavy atom. The predicted octanol–water partition coefficient (Wildman–Crippen LogP) is 3.23. The van der Waals surface area contributed by atoms with Crippen LogP contribution in [0.25, 0.3) is 11.3 Å². The van der Waals surface area contributed by atoms with Gasteiger partial charge >= 0.3 is 0 Å². The Bertz CT molecular complexity index is 806. The lowest BCUT2D eigenvalue weighted by Crippen LogP contribution is -2.40. The third-order valence-corrected chi connectivity index (χ3v) is 7.46. The molecule has 0 radical (unpaired) electrons. The fourth-order valence-corrected chi connectivity index (χ4v) is 6.37. The highest BCUT2D eigenvalue weighted by atomic mass is 79.9. The van der Waals surface area contributed by atoms with Crippen LogP contribution in [0.5, 0.6) is 0 Å². The zero-order chi connectivity index (χ0) is 17.0. The molecule has 0 saturated carbocycles. The number of hydrogen-bond acceptors (Lipinski definition) is 6. The average molecular weight is 420 g/mol. The molecule has 0 spiro atoms. The second kappa shape index (κ2) is 6.21. The Hall–Kier alpha value is -1.18. The van der Waals surface area contributed by atoms with Crippen LogP contribution in [0.15, 0.2) is 9.85 Å². The second-order valence-corrected chi connectivity index (χ2v) is 9.86. The lowest BCUT2D eigenvalue weighted by atomic mass is 9.94. The van der Waals surface area contributed by atoms with Gasteiger partial charge in [-0.25, -0.2) is 4.98 Å². The van der Waals surface area contributed by atoms with E-state index < -0.39 is 0 Å². The standard InChI is InChI=1S/C18H22BrN5S/c19-15-7-12-14(25-15)5-1-4-11-16(12)22-18(20)23-17(11)24-8-10-3-2-6-21-13(10)9-24/h7,10,13,21H,1-6,8-9H2,(H2,20,22,23). The van der Waals surface area contributed by atoms with Gasteiger partial charge in [0.05, 0.1) is 9.48 Å². The molecule has 2 aromatic heterocycles. The number of fused-ring (bicyclic) bond motifs is 4. The molecule has 2 unspecified atom stereocenters. The van der Waals surface area contributed by atoms with Crippen LogP contribution in [0.4, 0.5) is 11.8 Å². The van der Waals surface area contributed by atoms with Crippen molar-refractivity contribution in [1.29, 1.82) is 0 Å². The molecule has 5 nitrogen and oxygen atoms in total. The van der Waals surface area contributed by atoms with E-state index in [1.54, 1.807) is 0 Å². The summed E-state index contributed by atoms with van der Waals surface area (Å²) in [5.41, 5.74) is 9.73. The molecule has 2 fully saturated rings. The van der Waals surface area contributed by atoms with Crippen molar-refractivity contribution in [1.82, 2.24) is 15.3 Å². The molecule has 0 amide bonds. The molecule has 3 N–H and O–H groups in total. The lowest BCUT2D eigenvalue weighted by Gasteiger charge is -2.24. The van der Waals surface area contributed by atoms with Gasteiger partial charge in [-0.05, 0) is 66.6 Å². The lowest BCUT2D eigenvalue weighted by molar-refractivity contribution is 0.340. The maximum atomic E-state index is 6.14. The van der Waals surface area contributed by atoms with Crippen LogP contribution in [-0.4, -0.2) is 35.6 Å². The van der Waals surface area contributed by atoms with Crippen molar-refractivity contribution in [3.63, 3.8) is 0 Å². The molecule has 2 aromatic rings. The summed E-state index contributed by atoms with van der Waals surface area (Å²) in [5.74, 6) is 2.21. The van der Waals surface area contributed by atoms with Gasteiger partial charge in [-0.2, -0.15) is 4.98 Å². The number of thiophene rings is 1. The number of nitrogens with two attached hydrogens (primary N) is 1. The quantitative estimate of drug-likeness (QED) is 0.742. The summed E-state index contributed by atoms with van der Waals surface area (Å²) in [7, 11) is 0. The van der Waals surface area contributed by atoms with Crippen molar-refractivity contribution in [3.05, 3.63) is 20.3 Å². The predicted molar refractivity (Wildman–Crippen MR) is 106 cm³/mol. The van der Waals surface area contributed by atoms with E-state index >= 15 is 0 Å². The summed E-state index contributed by atoms with van der Waals surface area (Å²) >= 11 is 5.46. The zero-order valence-electron chi connectivity index (χ0n) is 14.1.